The van der Waals surface area contributed by atoms with E-state index in [1.54, 1.807) is 20.0 Å². The van der Waals surface area contributed by atoms with E-state index in [1.807, 2.05) is 0 Å². The van der Waals surface area contributed by atoms with E-state index >= 15 is 0 Å². The number of piperazine rings is 1. The van der Waals surface area contributed by atoms with E-state index in [0.29, 0.717) is 13.1 Å². The number of carbonyl (C=O) groups excluding carboxylic acids is 2. The lowest BCUT2D eigenvalue weighted by molar-refractivity contribution is -0.127. The molecule has 0 radical (unpaired) electrons. The Morgan fingerprint density at radius 1 is 1.47 bits per heavy atom. The van der Waals surface area contributed by atoms with Gasteiger partial charge >= 0.3 is 0 Å². The highest BCUT2D eigenvalue weighted by Crippen LogP contribution is 2.08. The van der Waals surface area contributed by atoms with E-state index in [9.17, 15) is 9.59 Å². The summed E-state index contributed by atoms with van der Waals surface area (Å²) in [6.45, 7) is 4.49. The van der Waals surface area contributed by atoms with Gasteiger partial charge in [-0.3, -0.25) is 14.6 Å². The number of aromatic nitrogens is 2. The highest BCUT2D eigenvalue weighted by molar-refractivity contribution is 5.96. The first-order valence-corrected chi connectivity index (χ1v) is 5.47. The Kier molecular flexibility index (Phi) is 3.03. The Morgan fingerprint density at radius 2 is 2.24 bits per heavy atom. The molecule has 1 atom stereocenters. The summed E-state index contributed by atoms with van der Waals surface area (Å²) in [4.78, 5) is 33.1. The van der Waals surface area contributed by atoms with Crippen molar-refractivity contribution in [3.8, 4) is 0 Å². The number of amides is 2. The van der Waals surface area contributed by atoms with Crippen LogP contribution < -0.4 is 5.32 Å². The molecule has 6 heteroatoms. The average molecular weight is 234 g/mol. The smallest absolute Gasteiger partial charge is 0.274 e. The second kappa shape index (κ2) is 4.48. The second-order valence-corrected chi connectivity index (χ2v) is 4.01. The molecule has 1 aliphatic rings. The molecule has 0 saturated carbocycles. The first-order valence-electron chi connectivity index (χ1n) is 5.47. The second-order valence-electron chi connectivity index (χ2n) is 4.01. The third-order valence-electron chi connectivity index (χ3n) is 2.76. The molecule has 2 heterocycles. The third-order valence-corrected chi connectivity index (χ3v) is 2.76. The quantitative estimate of drug-likeness (QED) is 0.726. The Bertz CT molecular complexity index is 443. The van der Waals surface area contributed by atoms with E-state index in [-0.39, 0.29) is 17.5 Å². The van der Waals surface area contributed by atoms with Crippen LogP contribution in [0.15, 0.2) is 12.4 Å². The largest absolute Gasteiger partial charge is 0.353 e. The van der Waals surface area contributed by atoms with Crippen LogP contribution in [-0.2, 0) is 4.79 Å². The first kappa shape index (κ1) is 11.5. The van der Waals surface area contributed by atoms with Gasteiger partial charge in [0.05, 0.1) is 11.9 Å². The normalized spacial score (nSPS) is 20.0. The molecule has 1 unspecified atom stereocenters. The minimum absolute atomic E-state index is 0.135. The molecule has 0 spiro atoms. The molecule has 1 aliphatic heterocycles. The van der Waals surface area contributed by atoms with Crippen LogP contribution in [0.25, 0.3) is 0 Å². The number of hydrogen-bond acceptors (Lipinski definition) is 4. The first-order chi connectivity index (χ1) is 8.09. The molecular weight excluding hydrogens is 220 g/mol. The molecule has 17 heavy (non-hydrogen) atoms. The fraction of sp³-hybridized carbons (Fsp3) is 0.455. The molecular formula is C11H14N4O2. The highest BCUT2D eigenvalue weighted by Gasteiger charge is 2.30. The molecule has 2 amide bonds. The van der Waals surface area contributed by atoms with E-state index in [4.69, 9.17) is 0 Å². The summed E-state index contributed by atoms with van der Waals surface area (Å²) in [6, 6.07) is -0.459. The highest BCUT2D eigenvalue weighted by atomic mass is 16.2. The predicted molar refractivity (Wildman–Crippen MR) is 60.3 cm³/mol. The Morgan fingerprint density at radius 3 is 2.88 bits per heavy atom. The van der Waals surface area contributed by atoms with Gasteiger partial charge in [0.1, 0.15) is 11.7 Å². The molecule has 0 bridgehead atoms. The minimum atomic E-state index is -0.459. The van der Waals surface area contributed by atoms with Gasteiger partial charge in [-0.25, -0.2) is 4.98 Å². The van der Waals surface area contributed by atoms with Crippen LogP contribution in [0.5, 0.6) is 0 Å². The summed E-state index contributed by atoms with van der Waals surface area (Å²) < 4.78 is 0. The molecule has 0 aromatic carbocycles. The van der Waals surface area contributed by atoms with Crippen molar-refractivity contribution in [2.45, 2.75) is 19.9 Å². The van der Waals surface area contributed by atoms with Crippen molar-refractivity contribution in [2.24, 2.45) is 0 Å². The van der Waals surface area contributed by atoms with Crippen molar-refractivity contribution in [2.75, 3.05) is 13.1 Å². The topological polar surface area (TPSA) is 75.2 Å². The average Bonchev–Trinajstić information content (AvgIpc) is 2.33. The van der Waals surface area contributed by atoms with Gasteiger partial charge in [-0.1, -0.05) is 0 Å². The minimum Gasteiger partial charge on any atom is -0.353 e. The van der Waals surface area contributed by atoms with Crippen LogP contribution in [0.1, 0.15) is 23.1 Å². The van der Waals surface area contributed by atoms with E-state index in [2.05, 4.69) is 15.3 Å². The fourth-order valence-corrected chi connectivity index (χ4v) is 1.71. The Hall–Kier alpha value is -1.98. The van der Waals surface area contributed by atoms with Gasteiger partial charge in [-0.05, 0) is 13.8 Å². The lowest BCUT2D eigenvalue weighted by Crippen LogP contribution is -2.55. The van der Waals surface area contributed by atoms with Crippen LogP contribution >= 0.6 is 0 Å². The van der Waals surface area contributed by atoms with Gasteiger partial charge in [0.2, 0.25) is 5.91 Å². The monoisotopic (exact) mass is 234 g/mol. The van der Waals surface area contributed by atoms with Crippen molar-refractivity contribution < 1.29 is 9.59 Å². The zero-order valence-electron chi connectivity index (χ0n) is 9.80. The van der Waals surface area contributed by atoms with E-state index < -0.39 is 6.04 Å². The van der Waals surface area contributed by atoms with Crippen molar-refractivity contribution in [1.82, 2.24) is 20.2 Å². The van der Waals surface area contributed by atoms with Crippen LogP contribution in [0.2, 0.25) is 0 Å². The lowest BCUT2D eigenvalue weighted by Gasteiger charge is -2.32. The van der Waals surface area contributed by atoms with Crippen molar-refractivity contribution in [3.05, 3.63) is 23.8 Å². The zero-order valence-corrected chi connectivity index (χ0v) is 9.80. The van der Waals surface area contributed by atoms with Crippen molar-refractivity contribution >= 4 is 11.8 Å². The maximum absolute atomic E-state index is 12.1. The number of aryl methyl sites for hydroxylation is 1. The summed E-state index contributed by atoms with van der Waals surface area (Å²) in [6.07, 6.45) is 2.98. The molecule has 1 N–H and O–H groups in total. The SMILES string of the molecule is Cc1cnc(C(=O)N2CCNC(=O)C2C)cn1. The Labute approximate surface area is 99.1 Å². The predicted octanol–water partition coefficient (Wildman–Crippen LogP) is -0.254. The van der Waals surface area contributed by atoms with Gasteiger partial charge in [-0.15, -0.1) is 0 Å². The number of carbonyl (C=O) groups is 2. The van der Waals surface area contributed by atoms with Crippen LogP contribution in [-0.4, -0.2) is 45.8 Å². The maximum Gasteiger partial charge on any atom is 0.274 e. The number of rotatable bonds is 1. The molecule has 2 rings (SSSR count). The maximum atomic E-state index is 12.1. The molecule has 1 fully saturated rings. The summed E-state index contributed by atoms with van der Waals surface area (Å²) in [5, 5.41) is 2.71. The van der Waals surface area contributed by atoms with Gasteiger partial charge in [0, 0.05) is 19.3 Å². The Balaban J connectivity index is 2.19. The third kappa shape index (κ3) is 2.25. The van der Waals surface area contributed by atoms with Crippen LogP contribution in [0.4, 0.5) is 0 Å². The number of nitrogens with zero attached hydrogens (tertiary/aromatic N) is 3. The molecule has 1 saturated heterocycles. The van der Waals surface area contributed by atoms with E-state index in [0.717, 1.165) is 5.69 Å². The van der Waals surface area contributed by atoms with Gasteiger partial charge < -0.3 is 10.2 Å². The summed E-state index contributed by atoms with van der Waals surface area (Å²) in [7, 11) is 0. The molecule has 90 valence electrons. The van der Waals surface area contributed by atoms with E-state index in [1.165, 1.54) is 11.1 Å². The van der Waals surface area contributed by atoms with Crippen molar-refractivity contribution in [1.29, 1.82) is 0 Å². The molecule has 1 aromatic rings. The standard InChI is InChI=1S/C11H14N4O2/c1-7-5-14-9(6-13-7)11(17)15-4-3-12-10(16)8(15)2/h5-6,8H,3-4H2,1-2H3,(H,12,16). The number of nitrogens with one attached hydrogen (secondary N) is 1. The van der Waals surface area contributed by atoms with Crippen molar-refractivity contribution in [3.63, 3.8) is 0 Å². The zero-order chi connectivity index (χ0) is 12.4. The summed E-state index contributed by atoms with van der Waals surface area (Å²) in [5.41, 5.74) is 1.03. The van der Waals surface area contributed by atoms with Gasteiger partial charge in [0.15, 0.2) is 0 Å². The summed E-state index contributed by atoms with van der Waals surface area (Å²) >= 11 is 0. The van der Waals surface area contributed by atoms with Gasteiger partial charge in [-0.2, -0.15) is 0 Å². The number of hydrogen-bond donors (Lipinski definition) is 1. The molecule has 1 aromatic heterocycles. The summed E-state index contributed by atoms with van der Waals surface area (Å²) in [5.74, 6) is -0.385. The molecule has 0 aliphatic carbocycles. The molecule has 6 nitrogen and oxygen atoms in total. The fourth-order valence-electron chi connectivity index (χ4n) is 1.71. The van der Waals surface area contributed by atoms with Gasteiger partial charge in [0.25, 0.3) is 5.91 Å². The lowest BCUT2D eigenvalue weighted by atomic mass is 10.2. The van der Waals surface area contributed by atoms with Crippen LogP contribution in [0.3, 0.4) is 0 Å². The van der Waals surface area contributed by atoms with Crippen LogP contribution in [0, 0.1) is 6.92 Å².